The van der Waals surface area contributed by atoms with Crippen LogP contribution < -0.4 is 15.4 Å². The number of hydrogen-bond acceptors (Lipinski definition) is 4. The number of aliphatic carboxylic acids is 1. The van der Waals surface area contributed by atoms with Crippen LogP contribution in [0.3, 0.4) is 0 Å². The molecule has 0 aliphatic heterocycles. The average Bonchev–Trinajstić information content (AvgIpc) is 3.68. The lowest BCUT2D eigenvalue weighted by molar-refractivity contribution is -0.143. The standard InChI is InChI=1S/C26H29FN2O5/c27-23-15-21(34-20-9-7-19(8-10-20)26(32)33)11-12-22(23)25(31)29-14-13-28-24(30)18-5-3-17(4-6-18)16-1-2-16/h3-6,11-12,15-16,19-20H,1-2,7-10,13-14H2,(H,28,30)(H,29,31)(H,32,33). The summed E-state index contributed by atoms with van der Waals surface area (Å²) in [6.07, 6.45) is 4.50. The molecule has 0 bridgehead atoms. The topological polar surface area (TPSA) is 105 Å². The van der Waals surface area contributed by atoms with Crippen LogP contribution in [-0.2, 0) is 4.79 Å². The van der Waals surface area contributed by atoms with Gasteiger partial charge in [-0.3, -0.25) is 14.4 Å². The molecular formula is C26H29FN2O5. The summed E-state index contributed by atoms with van der Waals surface area (Å²) >= 11 is 0. The van der Waals surface area contributed by atoms with E-state index in [9.17, 15) is 18.8 Å². The Morgan fingerprint density at radius 2 is 1.53 bits per heavy atom. The highest BCUT2D eigenvalue weighted by Crippen LogP contribution is 2.39. The minimum absolute atomic E-state index is 0.107. The molecule has 2 aliphatic carbocycles. The number of carboxylic acids is 1. The predicted octanol–water partition coefficient (Wildman–Crippen LogP) is 3.89. The summed E-state index contributed by atoms with van der Waals surface area (Å²) in [5.74, 6) is -1.69. The Kier molecular flexibility index (Phi) is 7.45. The van der Waals surface area contributed by atoms with E-state index in [1.165, 1.54) is 36.6 Å². The number of halogens is 1. The average molecular weight is 469 g/mol. The first kappa shape index (κ1) is 23.7. The molecular weight excluding hydrogens is 439 g/mol. The van der Waals surface area contributed by atoms with Crippen LogP contribution in [0.2, 0.25) is 0 Å². The lowest BCUT2D eigenvalue weighted by Crippen LogP contribution is -2.35. The van der Waals surface area contributed by atoms with E-state index in [2.05, 4.69) is 10.6 Å². The molecule has 2 aliphatic rings. The summed E-state index contributed by atoms with van der Waals surface area (Å²) < 4.78 is 20.3. The van der Waals surface area contributed by atoms with Crippen molar-refractivity contribution in [1.82, 2.24) is 10.6 Å². The van der Waals surface area contributed by atoms with E-state index < -0.39 is 17.7 Å². The third-order valence-electron chi connectivity index (χ3n) is 6.43. The van der Waals surface area contributed by atoms with Gasteiger partial charge < -0.3 is 20.5 Å². The van der Waals surface area contributed by atoms with Gasteiger partial charge in [-0.2, -0.15) is 0 Å². The van der Waals surface area contributed by atoms with Crippen molar-refractivity contribution in [2.75, 3.05) is 13.1 Å². The molecule has 0 saturated heterocycles. The number of carbonyl (C=O) groups excluding carboxylic acids is 2. The fourth-order valence-corrected chi connectivity index (χ4v) is 4.25. The summed E-state index contributed by atoms with van der Waals surface area (Å²) in [5.41, 5.74) is 1.71. The molecule has 0 radical (unpaired) electrons. The van der Waals surface area contributed by atoms with Crippen molar-refractivity contribution in [3.05, 3.63) is 65.0 Å². The van der Waals surface area contributed by atoms with E-state index in [1.54, 1.807) is 12.1 Å². The second-order valence-electron chi connectivity index (χ2n) is 8.98. The molecule has 7 nitrogen and oxygen atoms in total. The molecule has 2 amide bonds. The molecule has 2 aromatic carbocycles. The van der Waals surface area contributed by atoms with Crippen LogP contribution >= 0.6 is 0 Å². The first-order valence-corrected chi connectivity index (χ1v) is 11.8. The van der Waals surface area contributed by atoms with Crippen LogP contribution in [0, 0.1) is 11.7 Å². The van der Waals surface area contributed by atoms with Crippen LogP contribution in [0.1, 0.15) is 70.7 Å². The summed E-state index contributed by atoms with van der Waals surface area (Å²) in [6.45, 7) is 0.381. The van der Waals surface area contributed by atoms with E-state index in [1.807, 2.05) is 12.1 Å². The van der Waals surface area contributed by atoms with Gasteiger partial charge in [0.05, 0.1) is 17.6 Å². The summed E-state index contributed by atoms with van der Waals surface area (Å²) in [7, 11) is 0. The molecule has 4 rings (SSSR count). The van der Waals surface area contributed by atoms with Gasteiger partial charge in [0.2, 0.25) is 0 Å². The van der Waals surface area contributed by atoms with Gasteiger partial charge in [0, 0.05) is 24.7 Å². The van der Waals surface area contributed by atoms with E-state index in [-0.39, 0.29) is 36.6 Å². The molecule has 2 saturated carbocycles. The lowest BCUT2D eigenvalue weighted by atomic mass is 9.87. The van der Waals surface area contributed by atoms with Gasteiger partial charge in [-0.15, -0.1) is 0 Å². The summed E-state index contributed by atoms with van der Waals surface area (Å²) in [5, 5.41) is 14.4. The third kappa shape index (κ3) is 6.12. The highest BCUT2D eigenvalue weighted by Gasteiger charge is 2.27. The Morgan fingerprint density at radius 3 is 2.12 bits per heavy atom. The number of rotatable bonds is 9. The molecule has 180 valence electrons. The van der Waals surface area contributed by atoms with Crippen LogP contribution in [0.4, 0.5) is 4.39 Å². The second kappa shape index (κ2) is 10.7. The molecule has 0 unspecified atom stereocenters. The van der Waals surface area contributed by atoms with Gasteiger partial charge in [-0.05, 0) is 74.3 Å². The van der Waals surface area contributed by atoms with E-state index >= 15 is 0 Å². The van der Waals surface area contributed by atoms with Crippen molar-refractivity contribution in [2.24, 2.45) is 5.92 Å². The maximum atomic E-state index is 14.5. The van der Waals surface area contributed by atoms with Crippen LogP contribution in [0.15, 0.2) is 42.5 Å². The summed E-state index contributed by atoms with van der Waals surface area (Å²) in [6, 6.07) is 11.6. The van der Waals surface area contributed by atoms with Crippen LogP contribution in [-0.4, -0.2) is 42.1 Å². The molecule has 0 heterocycles. The number of hydrogen-bond donors (Lipinski definition) is 3. The largest absolute Gasteiger partial charge is 0.490 e. The monoisotopic (exact) mass is 468 g/mol. The first-order chi connectivity index (χ1) is 16.4. The normalized spacial score (nSPS) is 19.8. The highest BCUT2D eigenvalue weighted by atomic mass is 19.1. The van der Waals surface area contributed by atoms with Crippen molar-refractivity contribution < 1.29 is 28.6 Å². The van der Waals surface area contributed by atoms with E-state index in [0.29, 0.717) is 42.9 Å². The zero-order valence-corrected chi connectivity index (χ0v) is 18.9. The Labute approximate surface area is 197 Å². The van der Waals surface area contributed by atoms with E-state index in [4.69, 9.17) is 9.84 Å². The van der Waals surface area contributed by atoms with Gasteiger partial charge >= 0.3 is 5.97 Å². The Morgan fingerprint density at radius 1 is 0.882 bits per heavy atom. The smallest absolute Gasteiger partial charge is 0.306 e. The molecule has 0 spiro atoms. The molecule has 0 aromatic heterocycles. The number of nitrogens with one attached hydrogen (secondary N) is 2. The Balaban J connectivity index is 1.20. The first-order valence-electron chi connectivity index (χ1n) is 11.8. The maximum Gasteiger partial charge on any atom is 0.306 e. The molecule has 8 heteroatoms. The lowest BCUT2D eigenvalue weighted by Gasteiger charge is -2.26. The number of carbonyl (C=O) groups is 3. The molecule has 2 aromatic rings. The predicted molar refractivity (Wildman–Crippen MR) is 123 cm³/mol. The molecule has 3 N–H and O–H groups in total. The van der Waals surface area contributed by atoms with Crippen molar-refractivity contribution in [1.29, 1.82) is 0 Å². The van der Waals surface area contributed by atoms with Gasteiger partial charge in [0.25, 0.3) is 11.8 Å². The third-order valence-corrected chi connectivity index (χ3v) is 6.43. The number of ether oxygens (including phenoxy) is 1. The number of amides is 2. The van der Waals surface area contributed by atoms with Crippen molar-refractivity contribution in [2.45, 2.75) is 50.5 Å². The van der Waals surface area contributed by atoms with Crippen LogP contribution in [0.25, 0.3) is 0 Å². The Bertz CT molecular complexity index is 1040. The minimum Gasteiger partial charge on any atom is -0.490 e. The minimum atomic E-state index is -0.790. The zero-order chi connectivity index (χ0) is 24.1. The Hall–Kier alpha value is -3.42. The van der Waals surface area contributed by atoms with Gasteiger partial charge in [0.1, 0.15) is 11.6 Å². The van der Waals surface area contributed by atoms with Gasteiger partial charge in [-0.1, -0.05) is 12.1 Å². The van der Waals surface area contributed by atoms with E-state index in [0.717, 1.165) is 0 Å². The second-order valence-corrected chi connectivity index (χ2v) is 8.98. The van der Waals surface area contributed by atoms with Gasteiger partial charge in [0.15, 0.2) is 0 Å². The SMILES string of the molecule is O=C(NCCNC(=O)c1ccc(OC2CCC(C(=O)O)CC2)cc1F)c1ccc(C2CC2)cc1. The number of benzene rings is 2. The zero-order valence-electron chi connectivity index (χ0n) is 18.9. The van der Waals surface area contributed by atoms with Crippen molar-refractivity contribution >= 4 is 17.8 Å². The fraction of sp³-hybridized carbons (Fsp3) is 0.423. The molecule has 0 atom stereocenters. The molecule has 34 heavy (non-hydrogen) atoms. The van der Waals surface area contributed by atoms with Gasteiger partial charge in [-0.25, -0.2) is 4.39 Å². The fourth-order valence-electron chi connectivity index (χ4n) is 4.25. The number of carboxylic acid groups (broad SMARTS) is 1. The maximum absolute atomic E-state index is 14.5. The quantitative estimate of drug-likeness (QED) is 0.485. The van der Waals surface area contributed by atoms with Crippen LogP contribution in [0.5, 0.6) is 5.75 Å². The van der Waals surface area contributed by atoms with Crippen molar-refractivity contribution in [3.63, 3.8) is 0 Å². The molecule has 2 fully saturated rings. The summed E-state index contributed by atoms with van der Waals surface area (Å²) in [4.78, 5) is 35.6. The van der Waals surface area contributed by atoms with Crippen molar-refractivity contribution in [3.8, 4) is 5.75 Å². The highest BCUT2D eigenvalue weighted by molar-refractivity contribution is 5.95.